The summed E-state index contributed by atoms with van der Waals surface area (Å²) in [7, 11) is 4.39. The molecule has 1 saturated heterocycles. The molecule has 2 amide bonds. The van der Waals surface area contributed by atoms with Gasteiger partial charge in [0.15, 0.2) is 12.1 Å². The number of phenols is 2. The van der Waals surface area contributed by atoms with Gasteiger partial charge in [-0.3, -0.25) is 19.2 Å². The Kier molecular flexibility index (Phi) is 10.6. The molecule has 15 heteroatoms. The van der Waals surface area contributed by atoms with Crippen LogP contribution in [0.25, 0.3) is 0 Å². The van der Waals surface area contributed by atoms with Crippen molar-refractivity contribution in [2.75, 3.05) is 40.8 Å². The zero-order valence-corrected chi connectivity index (χ0v) is 29.1. The van der Waals surface area contributed by atoms with Gasteiger partial charge in [0.1, 0.15) is 22.8 Å². The van der Waals surface area contributed by atoms with E-state index in [2.05, 4.69) is 5.32 Å². The molecular weight excluding hydrogens is 652 g/mol. The number of nitrogens with two attached hydrogens (primary N) is 1. The molecule has 1 heterocycles. The van der Waals surface area contributed by atoms with Crippen molar-refractivity contribution in [3.05, 3.63) is 51.6 Å². The van der Waals surface area contributed by atoms with Gasteiger partial charge in [-0.05, 0) is 13.0 Å². The number of ether oxygens (including phenoxy) is 3. The molecule has 2 aromatic rings. The van der Waals surface area contributed by atoms with Crippen LogP contribution in [0.1, 0.15) is 82.7 Å². The zero-order valence-electron chi connectivity index (χ0n) is 29.1. The van der Waals surface area contributed by atoms with Crippen LogP contribution in [0.2, 0.25) is 0 Å². The van der Waals surface area contributed by atoms with Crippen LogP contribution < -0.4 is 15.8 Å². The molecular formula is C35H46N4O11. The molecule has 272 valence electrons. The van der Waals surface area contributed by atoms with E-state index in [4.69, 9.17) is 19.9 Å². The van der Waals surface area contributed by atoms with E-state index < -0.39 is 89.2 Å². The Morgan fingerprint density at radius 2 is 1.74 bits per heavy atom. The number of fused-ring (bicyclic) bond motifs is 3. The van der Waals surface area contributed by atoms with Crippen LogP contribution >= 0.6 is 0 Å². The monoisotopic (exact) mass is 698 g/mol. The van der Waals surface area contributed by atoms with Crippen LogP contribution in [0.5, 0.6) is 17.2 Å². The number of carbonyl (C=O) groups excluding carboxylic acids is 4. The molecule has 6 atom stereocenters. The van der Waals surface area contributed by atoms with Crippen LogP contribution in [0, 0.1) is 0 Å². The van der Waals surface area contributed by atoms with E-state index in [0.717, 1.165) is 0 Å². The minimum absolute atomic E-state index is 0.00925. The summed E-state index contributed by atoms with van der Waals surface area (Å²) >= 11 is 0. The summed E-state index contributed by atoms with van der Waals surface area (Å²) in [5.74, 6) is -3.73. The first kappa shape index (κ1) is 37.1. The number of nitrogens with zero attached hydrogens (tertiary/aromatic N) is 2. The Morgan fingerprint density at radius 1 is 1.08 bits per heavy atom. The van der Waals surface area contributed by atoms with Gasteiger partial charge in [0.2, 0.25) is 11.7 Å². The molecule has 50 heavy (non-hydrogen) atoms. The van der Waals surface area contributed by atoms with Gasteiger partial charge in [-0.1, -0.05) is 26.0 Å². The Bertz CT molecular complexity index is 1690. The first-order chi connectivity index (χ1) is 23.5. The molecule has 2 aliphatic carbocycles. The van der Waals surface area contributed by atoms with Gasteiger partial charge in [-0.25, -0.2) is 0 Å². The molecule has 0 spiro atoms. The second-order valence-corrected chi connectivity index (χ2v) is 13.7. The molecule has 5 rings (SSSR count). The molecule has 15 nitrogen and oxygen atoms in total. The third-order valence-corrected chi connectivity index (χ3v) is 9.75. The lowest BCUT2D eigenvalue weighted by Gasteiger charge is -2.43. The molecule has 4 unspecified atom stereocenters. The van der Waals surface area contributed by atoms with Crippen molar-refractivity contribution in [3.63, 3.8) is 0 Å². The Labute approximate surface area is 289 Å². The molecule has 0 aromatic heterocycles. The lowest BCUT2D eigenvalue weighted by molar-refractivity contribution is -0.247. The van der Waals surface area contributed by atoms with E-state index in [1.165, 1.54) is 42.2 Å². The molecule has 0 bridgehead atoms. The fourth-order valence-electron chi connectivity index (χ4n) is 6.86. The van der Waals surface area contributed by atoms with E-state index >= 15 is 0 Å². The van der Waals surface area contributed by atoms with E-state index in [1.807, 2.05) is 13.8 Å². The van der Waals surface area contributed by atoms with Crippen LogP contribution in [0.3, 0.4) is 0 Å². The fourth-order valence-corrected chi connectivity index (χ4v) is 6.86. The largest absolute Gasteiger partial charge is 0.507 e. The summed E-state index contributed by atoms with van der Waals surface area (Å²) in [6, 6.07) is 3.76. The normalized spacial score (nSPS) is 25.8. The number of hydrogen-bond donors (Lipinski definition) is 6. The van der Waals surface area contributed by atoms with Gasteiger partial charge in [-0.15, -0.1) is 0 Å². The zero-order chi connectivity index (χ0) is 36.8. The van der Waals surface area contributed by atoms with Crippen molar-refractivity contribution in [2.45, 2.75) is 82.3 Å². The maximum absolute atomic E-state index is 14.0. The van der Waals surface area contributed by atoms with Crippen molar-refractivity contribution < 1.29 is 53.8 Å². The Hall–Kier alpha value is -4.12. The van der Waals surface area contributed by atoms with Gasteiger partial charge in [0.25, 0.3) is 5.91 Å². The van der Waals surface area contributed by atoms with Crippen LogP contribution in [0.4, 0.5) is 0 Å². The summed E-state index contributed by atoms with van der Waals surface area (Å²) in [6.07, 6.45) is -5.16. The van der Waals surface area contributed by atoms with Crippen molar-refractivity contribution in [1.29, 1.82) is 0 Å². The van der Waals surface area contributed by atoms with Crippen molar-refractivity contribution in [3.8, 4) is 17.2 Å². The van der Waals surface area contributed by atoms with Gasteiger partial charge < -0.3 is 55.5 Å². The highest BCUT2D eigenvalue weighted by Crippen LogP contribution is 2.52. The second kappa shape index (κ2) is 14.2. The summed E-state index contributed by atoms with van der Waals surface area (Å²) < 4.78 is 17.4. The minimum atomic E-state index is -2.24. The molecule has 1 fully saturated rings. The van der Waals surface area contributed by atoms with Gasteiger partial charge >= 0.3 is 0 Å². The van der Waals surface area contributed by atoms with E-state index in [9.17, 15) is 39.6 Å². The average Bonchev–Trinajstić information content (AvgIpc) is 3.07. The number of nitrogens with one attached hydrogen (secondary N) is 1. The van der Waals surface area contributed by atoms with Crippen molar-refractivity contribution in [2.24, 2.45) is 5.73 Å². The molecule has 7 N–H and O–H groups in total. The van der Waals surface area contributed by atoms with Crippen molar-refractivity contribution in [1.82, 2.24) is 15.1 Å². The molecule has 2 aromatic carbocycles. The number of amides is 2. The number of ketones is 2. The van der Waals surface area contributed by atoms with Crippen LogP contribution in [0.15, 0.2) is 18.2 Å². The highest BCUT2D eigenvalue weighted by Gasteiger charge is 2.51. The number of likely N-dealkylation sites (N-methyl/N-ethyl adjacent to an activating group) is 2. The number of methoxy groups -OCH3 is 1. The quantitative estimate of drug-likeness (QED) is 0.158. The Balaban J connectivity index is 1.53. The van der Waals surface area contributed by atoms with E-state index in [0.29, 0.717) is 0 Å². The summed E-state index contributed by atoms with van der Waals surface area (Å²) in [5.41, 5.74) is 2.56. The Morgan fingerprint density at radius 3 is 2.38 bits per heavy atom. The van der Waals surface area contributed by atoms with E-state index in [-0.39, 0.29) is 66.0 Å². The molecule has 1 aliphatic heterocycles. The molecule has 0 saturated carbocycles. The lowest BCUT2D eigenvalue weighted by atomic mass is 9.72. The highest BCUT2D eigenvalue weighted by atomic mass is 16.7. The third-order valence-electron chi connectivity index (χ3n) is 9.75. The smallest absolute Gasteiger partial charge is 0.254 e. The lowest BCUT2D eigenvalue weighted by Crippen LogP contribution is -2.55. The topological polar surface area (TPSA) is 221 Å². The number of aliphatic hydroxyl groups excluding tert-OH is 1. The number of benzene rings is 2. The number of aliphatic hydroxyl groups is 2. The van der Waals surface area contributed by atoms with Gasteiger partial charge in [-0.2, -0.15) is 0 Å². The highest BCUT2D eigenvalue weighted by molar-refractivity contribution is 6.31. The number of rotatable bonds is 10. The maximum Gasteiger partial charge on any atom is 0.254 e. The number of aromatic hydroxyl groups is 2. The first-order valence-corrected chi connectivity index (χ1v) is 16.6. The maximum atomic E-state index is 14.0. The summed E-state index contributed by atoms with van der Waals surface area (Å²) in [4.78, 5) is 57.0. The van der Waals surface area contributed by atoms with Crippen LogP contribution in [-0.4, -0.2) is 131 Å². The first-order valence-electron chi connectivity index (χ1n) is 16.6. The SMILES string of the molecule is COc1cccc2c1C(=O)c1c(O)c3c(c(O)c1C2=O)C[C@@](O)(C(=O)N(C)CCN(C)C(=O)CNC(C)C)C[C@@H]3OC1CC(N)C(O)C(C)O1. The minimum Gasteiger partial charge on any atom is -0.507 e. The van der Waals surface area contributed by atoms with Gasteiger partial charge in [0, 0.05) is 75.2 Å². The predicted octanol–water partition coefficient (Wildman–Crippen LogP) is 0.355. The molecule has 3 aliphatic rings. The molecule has 0 radical (unpaired) electrons. The number of carbonyl (C=O) groups is 4. The standard InChI is InChI=1S/C35H46N4O11/c1-16(2)37-15-23(40)38(4)10-11-39(5)34(46)35(47)13-19-26(22(14-35)50-24-12-20(36)29(41)17(3)49-24)33(45)28-27(31(19)43)30(42)18-8-7-9-21(48-6)25(18)32(28)44/h7-9,16-17,20,22,24,29,37,41,43,45,47H,10-15,36H2,1-6H3/t17?,20?,22-,24?,29?,35-/m0/s1. The summed E-state index contributed by atoms with van der Waals surface area (Å²) in [6.45, 7) is 5.73. The van der Waals surface area contributed by atoms with E-state index in [1.54, 1.807) is 14.0 Å². The van der Waals surface area contributed by atoms with Crippen LogP contribution in [-0.2, 0) is 25.5 Å². The second-order valence-electron chi connectivity index (χ2n) is 13.7. The van der Waals surface area contributed by atoms with Crippen molar-refractivity contribution >= 4 is 23.4 Å². The number of hydrogen-bond acceptors (Lipinski definition) is 13. The third kappa shape index (κ3) is 6.68. The van der Waals surface area contributed by atoms with Gasteiger partial charge in [0.05, 0.1) is 48.7 Å². The number of phenolic OH excluding ortho intramolecular Hbond substituents is 2. The predicted molar refractivity (Wildman–Crippen MR) is 178 cm³/mol. The summed E-state index contributed by atoms with van der Waals surface area (Å²) in [5, 5.41) is 49.0. The fraction of sp³-hybridized carbons (Fsp3) is 0.543. The average molecular weight is 699 g/mol.